The SMILES string of the molecule is CCCCCCCCCCCCCNC(=O)CC1CCCCN1c1cc(C(C)C)nc(-n2ccnc2)n1. The molecular formula is C30H50N6O. The maximum Gasteiger partial charge on any atom is 0.237 e. The van der Waals surface area contributed by atoms with Gasteiger partial charge in [0.15, 0.2) is 0 Å². The Morgan fingerprint density at radius 1 is 1.00 bits per heavy atom. The first-order chi connectivity index (χ1) is 18.1. The lowest BCUT2D eigenvalue weighted by atomic mass is 9.98. The van der Waals surface area contributed by atoms with Crippen molar-refractivity contribution in [2.75, 3.05) is 18.0 Å². The van der Waals surface area contributed by atoms with E-state index in [4.69, 9.17) is 9.97 Å². The number of aromatic nitrogens is 4. The van der Waals surface area contributed by atoms with E-state index in [0.29, 0.717) is 18.3 Å². The molecular weight excluding hydrogens is 460 g/mol. The third kappa shape index (κ3) is 10.1. The molecule has 3 rings (SSSR count). The molecule has 7 nitrogen and oxygen atoms in total. The van der Waals surface area contributed by atoms with Gasteiger partial charge in [-0.3, -0.25) is 9.36 Å². The largest absolute Gasteiger partial charge is 0.356 e. The number of anilines is 1. The normalized spacial score (nSPS) is 15.9. The number of hydrogen-bond donors (Lipinski definition) is 1. The molecule has 7 heteroatoms. The molecule has 1 amide bonds. The molecule has 1 N–H and O–H groups in total. The lowest BCUT2D eigenvalue weighted by Crippen LogP contribution is -2.43. The summed E-state index contributed by atoms with van der Waals surface area (Å²) in [6, 6.07) is 2.28. The van der Waals surface area contributed by atoms with Gasteiger partial charge < -0.3 is 10.2 Å². The van der Waals surface area contributed by atoms with Gasteiger partial charge in [-0.05, 0) is 31.6 Å². The number of rotatable bonds is 17. The standard InChI is InChI=1S/C30H50N6O/c1-4-5-6-7-8-9-10-11-12-13-15-18-32-29(37)22-26-17-14-16-20-36(26)28-23-27(25(2)3)33-30(34-28)35-21-19-31-24-35/h19,21,23-26H,4-18,20,22H2,1-3H3,(H,32,37). The number of hydrogen-bond acceptors (Lipinski definition) is 5. The Kier molecular flexibility index (Phi) is 12.9. The Balaban J connectivity index is 1.42. The van der Waals surface area contributed by atoms with Crippen LogP contribution in [0.2, 0.25) is 0 Å². The van der Waals surface area contributed by atoms with Crippen molar-refractivity contribution in [1.29, 1.82) is 0 Å². The highest BCUT2D eigenvalue weighted by Crippen LogP contribution is 2.28. The Labute approximate surface area is 224 Å². The lowest BCUT2D eigenvalue weighted by molar-refractivity contribution is -0.121. The molecule has 0 bridgehead atoms. The first-order valence-corrected chi connectivity index (χ1v) is 15.0. The number of nitrogens with zero attached hydrogens (tertiary/aromatic N) is 5. The van der Waals surface area contributed by atoms with Gasteiger partial charge in [0, 0.05) is 44.0 Å². The number of carbonyl (C=O) groups excluding carboxylic acids is 1. The van der Waals surface area contributed by atoms with Gasteiger partial charge in [0.1, 0.15) is 12.1 Å². The topological polar surface area (TPSA) is 75.9 Å². The van der Waals surface area contributed by atoms with Gasteiger partial charge in [0.2, 0.25) is 11.9 Å². The average molecular weight is 511 g/mol. The second-order valence-electron chi connectivity index (χ2n) is 11.0. The van der Waals surface area contributed by atoms with Crippen molar-refractivity contribution in [2.45, 2.75) is 129 Å². The number of carbonyl (C=O) groups is 1. The minimum Gasteiger partial charge on any atom is -0.356 e. The van der Waals surface area contributed by atoms with Crippen LogP contribution in [0.5, 0.6) is 0 Å². The van der Waals surface area contributed by atoms with Crippen LogP contribution in [0, 0.1) is 0 Å². The highest BCUT2D eigenvalue weighted by atomic mass is 16.1. The lowest BCUT2D eigenvalue weighted by Gasteiger charge is -2.36. The molecule has 0 radical (unpaired) electrons. The van der Waals surface area contributed by atoms with E-state index in [2.05, 4.69) is 42.0 Å². The zero-order chi connectivity index (χ0) is 26.3. The average Bonchev–Trinajstić information content (AvgIpc) is 3.45. The third-order valence-corrected chi connectivity index (χ3v) is 7.49. The van der Waals surface area contributed by atoms with Gasteiger partial charge in [-0.15, -0.1) is 0 Å². The summed E-state index contributed by atoms with van der Waals surface area (Å²) in [7, 11) is 0. The minimum atomic E-state index is 0.164. The molecule has 3 heterocycles. The van der Waals surface area contributed by atoms with Gasteiger partial charge in [-0.2, -0.15) is 4.98 Å². The van der Waals surface area contributed by atoms with Gasteiger partial charge in [0.25, 0.3) is 0 Å². The first kappa shape index (κ1) is 29.1. The zero-order valence-electron chi connectivity index (χ0n) is 23.6. The minimum absolute atomic E-state index is 0.164. The van der Waals surface area contributed by atoms with E-state index in [-0.39, 0.29) is 11.9 Å². The number of unbranched alkanes of at least 4 members (excludes halogenated alkanes) is 10. The molecule has 1 atom stereocenters. The molecule has 0 aromatic carbocycles. The number of nitrogens with one attached hydrogen (secondary N) is 1. The summed E-state index contributed by atoms with van der Waals surface area (Å²) < 4.78 is 1.86. The summed E-state index contributed by atoms with van der Waals surface area (Å²) in [6.07, 6.45) is 23.7. The zero-order valence-corrected chi connectivity index (χ0v) is 23.6. The Hall–Kier alpha value is -2.44. The first-order valence-electron chi connectivity index (χ1n) is 15.0. The molecule has 1 unspecified atom stereocenters. The van der Waals surface area contributed by atoms with E-state index in [0.717, 1.165) is 50.3 Å². The van der Waals surface area contributed by atoms with Crippen LogP contribution in [0.4, 0.5) is 5.82 Å². The van der Waals surface area contributed by atoms with Gasteiger partial charge in [-0.25, -0.2) is 9.97 Å². The fraction of sp³-hybridized carbons (Fsp3) is 0.733. The smallest absolute Gasteiger partial charge is 0.237 e. The van der Waals surface area contributed by atoms with Crippen LogP contribution in [-0.4, -0.2) is 44.6 Å². The molecule has 1 saturated heterocycles. The number of piperidine rings is 1. The van der Waals surface area contributed by atoms with Crippen molar-refractivity contribution in [1.82, 2.24) is 24.8 Å². The highest BCUT2D eigenvalue weighted by Gasteiger charge is 2.27. The van der Waals surface area contributed by atoms with Crippen LogP contribution >= 0.6 is 0 Å². The summed E-state index contributed by atoms with van der Waals surface area (Å²) >= 11 is 0. The summed E-state index contributed by atoms with van der Waals surface area (Å²) in [5.41, 5.74) is 1.01. The summed E-state index contributed by atoms with van der Waals surface area (Å²) in [5, 5.41) is 3.19. The van der Waals surface area contributed by atoms with E-state index in [1.165, 1.54) is 64.2 Å². The molecule has 0 spiro atoms. The predicted octanol–water partition coefficient (Wildman–Crippen LogP) is 6.96. The van der Waals surface area contributed by atoms with Crippen LogP contribution in [0.25, 0.3) is 5.95 Å². The van der Waals surface area contributed by atoms with Gasteiger partial charge in [-0.1, -0.05) is 85.0 Å². The number of amides is 1. The van der Waals surface area contributed by atoms with Crippen molar-refractivity contribution < 1.29 is 4.79 Å². The predicted molar refractivity (Wildman–Crippen MR) is 152 cm³/mol. The number of imidazole rings is 1. The van der Waals surface area contributed by atoms with E-state index in [1.807, 2.05) is 10.8 Å². The molecule has 37 heavy (non-hydrogen) atoms. The highest BCUT2D eigenvalue weighted by molar-refractivity contribution is 5.77. The molecule has 1 fully saturated rings. The van der Waals surface area contributed by atoms with Gasteiger partial charge in [0.05, 0.1) is 5.69 Å². The van der Waals surface area contributed by atoms with Crippen LogP contribution in [0.3, 0.4) is 0 Å². The van der Waals surface area contributed by atoms with Crippen LogP contribution < -0.4 is 10.2 Å². The Morgan fingerprint density at radius 2 is 1.70 bits per heavy atom. The summed E-state index contributed by atoms with van der Waals surface area (Å²) in [6.45, 7) is 8.29. The molecule has 1 aliphatic heterocycles. The van der Waals surface area contributed by atoms with E-state index < -0.39 is 0 Å². The fourth-order valence-electron chi connectivity index (χ4n) is 5.19. The Bertz CT molecular complexity index is 897. The Morgan fingerprint density at radius 3 is 2.35 bits per heavy atom. The van der Waals surface area contributed by atoms with E-state index in [1.54, 1.807) is 12.5 Å². The second kappa shape index (κ2) is 16.4. The molecule has 2 aromatic heterocycles. The van der Waals surface area contributed by atoms with Crippen molar-refractivity contribution in [3.05, 3.63) is 30.5 Å². The van der Waals surface area contributed by atoms with Gasteiger partial charge >= 0.3 is 0 Å². The second-order valence-corrected chi connectivity index (χ2v) is 11.0. The quantitative estimate of drug-likeness (QED) is 0.233. The van der Waals surface area contributed by atoms with Crippen molar-refractivity contribution in [3.63, 3.8) is 0 Å². The van der Waals surface area contributed by atoms with Crippen molar-refractivity contribution in [2.24, 2.45) is 0 Å². The van der Waals surface area contributed by atoms with Crippen LogP contribution in [0.1, 0.15) is 129 Å². The maximum atomic E-state index is 12.8. The summed E-state index contributed by atoms with van der Waals surface area (Å²) in [5.74, 6) is 2.02. The summed E-state index contributed by atoms with van der Waals surface area (Å²) in [4.78, 5) is 28.9. The maximum absolute atomic E-state index is 12.8. The molecule has 206 valence electrons. The molecule has 1 aliphatic rings. The fourth-order valence-corrected chi connectivity index (χ4v) is 5.19. The van der Waals surface area contributed by atoms with Crippen LogP contribution in [0.15, 0.2) is 24.8 Å². The van der Waals surface area contributed by atoms with Crippen molar-refractivity contribution in [3.8, 4) is 5.95 Å². The van der Waals surface area contributed by atoms with Crippen molar-refractivity contribution >= 4 is 11.7 Å². The molecule has 0 saturated carbocycles. The molecule has 2 aromatic rings. The van der Waals surface area contributed by atoms with E-state index in [9.17, 15) is 4.79 Å². The third-order valence-electron chi connectivity index (χ3n) is 7.49. The van der Waals surface area contributed by atoms with Crippen LogP contribution in [-0.2, 0) is 4.79 Å². The monoisotopic (exact) mass is 510 g/mol. The van der Waals surface area contributed by atoms with E-state index >= 15 is 0 Å². The molecule has 0 aliphatic carbocycles.